The number of anilines is 2. The van der Waals surface area contributed by atoms with Crippen molar-refractivity contribution in [2.45, 2.75) is 24.7 Å². The normalized spacial score (nSPS) is 14.5. The van der Waals surface area contributed by atoms with Crippen LogP contribution in [0.3, 0.4) is 0 Å². The number of nitrogens with zero attached hydrogens (tertiary/aromatic N) is 1. The van der Waals surface area contributed by atoms with Crippen LogP contribution in [-0.2, 0) is 20.3 Å². The summed E-state index contributed by atoms with van der Waals surface area (Å²) in [6, 6.07) is 14.2. The predicted octanol–water partition coefficient (Wildman–Crippen LogP) is 3.21. The average Bonchev–Trinajstić information content (AvgIpc) is 3.27. The number of amides is 1. The Balaban J connectivity index is 1.54. The molecule has 0 radical (unpaired) electrons. The molecule has 0 aromatic heterocycles. The Kier molecular flexibility index (Phi) is 6.81. The van der Waals surface area contributed by atoms with E-state index in [9.17, 15) is 13.8 Å². The van der Waals surface area contributed by atoms with E-state index >= 15 is 0 Å². The molecule has 1 heterocycles. The number of hydrogen-bond donors (Lipinski definition) is 1. The lowest BCUT2D eigenvalue weighted by Gasteiger charge is -2.17. The number of esters is 1. The molecule has 7 heteroatoms. The molecule has 148 valence electrons. The van der Waals surface area contributed by atoms with Crippen LogP contribution in [0.15, 0.2) is 53.4 Å². The van der Waals surface area contributed by atoms with Gasteiger partial charge in [0.2, 0.25) is 0 Å². The highest BCUT2D eigenvalue weighted by atomic mass is 32.2. The minimum atomic E-state index is -1.28. The summed E-state index contributed by atoms with van der Waals surface area (Å²) in [7, 11) is -1.28. The first-order valence-corrected chi connectivity index (χ1v) is 10.7. The molecule has 1 atom stereocenters. The monoisotopic (exact) mass is 400 g/mol. The number of carbonyl (C=O) groups is 2. The van der Waals surface area contributed by atoms with Gasteiger partial charge in [0.25, 0.3) is 5.91 Å². The second kappa shape index (κ2) is 9.50. The van der Waals surface area contributed by atoms with Crippen molar-refractivity contribution < 1.29 is 18.5 Å². The highest BCUT2D eigenvalue weighted by Crippen LogP contribution is 2.22. The molecule has 2 aromatic rings. The summed E-state index contributed by atoms with van der Waals surface area (Å²) in [5, 5.41) is 2.72. The molecule has 1 fully saturated rings. The van der Waals surface area contributed by atoms with E-state index in [1.54, 1.807) is 31.2 Å². The van der Waals surface area contributed by atoms with Crippen molar-refractivity contribution in [1.29, 1.82) is 0 Å². The fourth-order valence-electron chi connectivity index (χ4n) is 3.13. The quantitative estimate of drug-likeness (QED) is 0.723. The minimum Gasteiger partial charge on any atom is -0.452 e. The van der Waals surface area contributed by atoms with Crippen LogP contribution < -0.4 is 10.2 Å². The molecule has 3 rings (SSSR count). The summed E-state index contributed by atoms with van der Waals surface area (Å²) in [6.45, 7) is 3.50. The number of rotatable bonds is 7. The average molecular weight is 401 g/mol. The van der Waals surface area contributed by atoms with Crippen LogP contribution in [0.1, 0.15) is 30.1 Å². The highest BCUT2D eigenvalue weighted by Gasteiger charge is 2.17. The summed E-state index contributed by atoms with van der Waals surface area (Å²) in [5.74, 6) is -0.675. The molecule has 1 amide bonds. The smallest absolute Gasteiger partial charge is 0.339 e. The van der Waals surface area contributed by atoms with Crippen LogP contribution in [-0.4, -0.2) is 41.5 Å². The molecular weight excluding hydrogens is 376 g/mol. The lowest BCUT2D eigenvalue weighted by Crippen LogP contribution is -2.22. The topological polar surface area (TPSA) is 75.7 Å². The zero-order chi connectivity index (χ0) is 19.9. The minimum absolute atomic E-state index is 0.227. The molecule has 0 aliphatic carbocycles. The Hall–Kier alpha value is -2.67. The van der Waals surface area contributed by atoms with Crippen molar-refractivity contribution in [3.8, 4) is 0 Å². The van der Waals surface area contributed by atoms with Crippen molar-refractivity contribution in [1.82, 2.24) is 0 Å². The van der Waals surface area contributed by atoms with E-state index in [-0.39, 0.29) is 5.56 Å². The van der Waals surface area contributed by atoms with Gasteiger partial charge >= 0.3 is 5.97 Å². The van der Waals surface area contributed by atoms with Crippen LogP contribution in [0, 0.1) is 0 Å². The first kappa shape index (κ1) is 20.1. The third kappa shape index (κ3) is 4.98. The molecule has 0 bridgehead atoms. The van der Waals surface area contributed by atoms with Gasteiger partial charge in [-0.25, -0.2) is 4.79 Å². The molecule has 0 saturated carbocycles. The third-order valence-corrected chi connectivity index (χ3v) is 5.94. The van der Waals surface area contributed by atoms with E-state index in [0.29, 0.717) is 16.3 Å². The summed E-state index contributed by atoms with van der Waals surface area (Å²) in [4.78, 5) is 27.1. The maximum Gasteiger partial charge on any atom is 0.339 e. The van der Waals surface area contributed by atoms with Gasteiger partial charge in [0.15, 0.2) is 6.61 Å². The predicted molar refractivity (Wildman–Crippen MR) is 110 cm³/mol. The number of carbonyl (C=O) groups excluding carboxylic acids is 2. The van der Waals surface area contributed by atoms with Crippen LogP contribution in [0.5, 0.6) is 0 Å². The second-order valence-electron chi connectivity index (χ2n) is 6.50. The zero-order valence-electron chi connectivity index (χ0n) is 15.8. The zero-order valence-corrected chi connectivity index (χ0v) is 16.7. The summed E-state index contributed by atoms with van der Waals surface area (Å²) in [6.07, 6.45) is 2.41. The Morgan fingerprint density at radius 1 is 1.07 bits per heavy atom. The fourth-order valence-corrected chi connectivity index (χ4v) is 4.06. The Morgan fingerprint density at radius 2 is 1.75 bits per heavy atom. The van der Waals surface area contributed by atoms with Crippen molar-refractivity contribution in [3.63, 3.8) is 0 Å². The van der Waals surface area contributed by atoms with Gasteiger partial charge in [-0.2, -0.15) is 0 Å². The maximum absolute atomic E-state index is 12.3. The molecule has 2 aromatic carbocycles. The van der Waals surface area contributed by atoms with Gasteiger partial charge in [0.05, 0.1) is 21.3 Å². The van der Waals surface area contributed by atoms with E-state index < -0.39 is 29.3 Å². The number of nitrogens with one attached hydrogen (secondary N) is 1. The van der Waals surface area contributed by atoms with Gasteiger partial charge in [-0.05, 0) is 49.2 Å². The molecular formula is C21H24N2O4S. The van der Waals surface area contributed by atoms with Gasteiger partial charge in [-0.15, -0.1) is 0 Å². The van der Waals surface area contributed by atoms with Crippen LogP contribution in [0.25, 0.3) is 0 Å². The third-order valence-electron chi connectivity index (χ3n) is 4.57. The van der Waals surface area contributed by atoms with Crippen LogP contribution in [0.2, 0.25) is 0 Å². The van der Waals surface area contributed by atoms with Crippen LogP contribution >= 0.6 is 0 Å². The Bertz CT molecular complexity index is 861. The van der Waals surface area contributed by atoms with Crippen LogP contribution in [0.4, 0.5) is 11.4 Å². The van der Waals surface area contributed by atoms with E-state index in [0.717, 1.165) is 18.8 Å². The fraction of sp³-hybridized carbons (Fsp3) is 0.333. The summed E-state index contributed by atoms with van der Waals surface area (Å²) in [5.41, 5.74) is 2.02. The summed E-state index contributed by atoms with van der Waals surface area (Å²) < 4.78 is 17.2. The van der Waals surface area contributed by atoms with E-state index in [1.165, 1.54) is 12.8 Å². The first-order chi connectivity index (χ1) is 13.6. The van der Waals surface area contributed by atoms with Crippen molar-refractivity contribution in [2.75, 3.05) is 35.7 Å². The molecule has 28 heavy (non-hydrogen) atoms. The Morgan fingerprint density at radius 3 is 2.43 bits per heavy atom. The van der Waals surface area contributed by atoms with Gasteiger partial charge in [0, 0.05) is 30.2 Å². The number of hydrogen-bond acceptors (Lipinski definition) is 5. The standard InChI is InChI=1S/C21H24N2O4S/c1-2-28(26)19-8-4-3-7-18(19)21(25)27-15-20(24)22-16-9-11-17(12-10-16)23-13-5-6-14-23/h3-4,7-12H,2,5-6,13-15H2,1H3,(H,22,24). The van der Waals surface area contributed by atoms with E-state index in [4.69, 9.17) is 4.74 Å². The van der Waals surface area contributed by atoms with Crippen molar-refractivity contribution >= 4 is 34.1 Å². The molecule has 1 N–H and O–H groups in total. The van der Waals surface area contributed by atoms with E-state index in [1.807, 2.05) is 24.3 Å². The highest BCUT2D eigenvalue weighted by molar-refractivity contribution is 7.85. The molecule has 1 aliphatic heterocycles. The van der Waals surface area contributed by atoms with Crippen molar-refractivity contribution in [2.24, 2.45) is 0 Å². The molecule has 6 nitrogen and oxygen atoms in total. The van der Waals surface area contributed by atoms with Gasteiger partial charge < -0.3 is 15.0 Å². The molecule has 1 unspecified atom stereocenters. The molecule has 1 aliphatic rings. The van der Waals surface area contributed by atoms with Gasteiger partial charge in [-0.3, -0.25) is 9.00 Å². The van der Waals surface area contributed by atoms with E-state index in [2.05, 4.69) is 10.2 Å². The van der Waals surface area contributed by atoms with Crippen molar-refractivity contribution in [3.05, 3.63) is 54.1 Å². The number of ether oxygens (including phenoxy) is 1. The molecule has 0 spiro atoms. The molecule has 1 saturated heterocycles. The van der Waals surface area contributed by atoms with Gasteiger partial charge in [-0.1, -0.05) is 19.1 Å². The number of benzene rings is 2. The summed E-state index contributed by atoms with van der Waals surface area (Å²) >= 11 is 0. The maximum atomic E-state index is 12.3. The first-order valence-electron chi connectivity index (χ1n) is 9.38. The SMILES string of the molecule is CCS(=O)c1ccccc1C(=O)OCC(=O)Nc1ccc(N2CCCC2)cc1. The second-order valence-corrected chi connectivity index (χ2v) is 8.20. The lowest BCUT2D eigenvalue weighted by molar-refractivity contribution is -0.119. The Labute approximate surface area is 167 Å². The lowest BCUT2D eigenvalue weighted by atomic mass is 10.2. The van der Waals surface area contributed by atoms with Gasteiger partial charge in [0.1, 0.15) is 0 Å². The largest absolute Gasteiger partial charge is 0.452 e.